The maximum absolute atomic E-state index is 14.6. The summed E-state index contributed by atoms with van der Waals surface area (Å²) in [6.07, 6.45) is -3.22. The van der Waals surface area contributed by atoms with Crippen LogP contribution in [0.2, 0.25) is 0 Å². The summed E-state index contributed by atoms with van der Waals surface area (Å²) in [5.41, 5.74) is 0.740. The molecule has 136 valence electrons. The summed E-state index contributed by atoms with van der Waals surface area (Å²) >= 11 is 0. The Morgan fingerprint density at radius 1 is 0.962 bits per heavy atom. The largest absolute Gasteiger partial charge is 0.459 e. The van der Waals surface area contributed by atoms with E-state index in [1.165, 1.54) is 0 Å². The van der Waals surface area contributed by atoms with Crippen LogP contribution in [0.4, 0.5) is 4.39 Å². The van der Waals surface area contributed by atoms with Gasteiger partial charge in [-0.25, -0.2) is 14.0 Å². The summed E-state index contributed by atoms with van der Waals surface area (Å²) in [4.78, 5) is 24.1. The van der Waals surface area contributed by atoms with Crippen LogP contribution >= 0.6 is 0 Å². The molecule has 1 aliphatic heterocycles. The van der Waals surface area contributed by atoms with E-state index in [9.17, 15) is 14.0 Å². The van der Waals surface area contributed by atoms with Crippen molar-refractivity contribution in [1.29, 1.82) is 0 Å². The normalized spacial score (nSPS) is 22.4. The fraction of sp³-hybridized carbons (Fsp3) is 0.300. The molecule has 0 N–H and O–H groups in total. The summed E-state index contributed by atoms with van der Waals surface area (Å²) in [5, 5.41) is 0. The first kappa shape index (κ1) is 18.1. The van der Waals surface area contributed by atoms with Gasteiger partial charge in [0.15, 0.2) is 6.17 Å². The van der Waals surface area contributed by atoms with Gasteiger partial charge in [0.2, 0.25) is 0 Å². The molecule has 3 atom stereocenters. The van der Waals surface area contributed by atoms with E-state index in [2.05, 4.69) is 0 Å². The molecule has 0 spiro atoms. The minimum absolute atomic E-state index is 0.223. The Bertz CT molecular complexity index is 734. The molecule has 0 bridgehead atoms. The molecule has 0 aromatic heterocycles. The van der Waals surface area contributed by atoms with Crippen LogP contribution in [0.3, 0.4) is 0 Å². The van der Waals surface area contributed by atoms with Crippen molar-refractivity contribution in [2.45, 2.75) is 24.8 Å². The molecule has 0 amide bonds. The highest BCUT2D eigenvalue weighted by atomic mass is 19.1. The smallest absolute Gasteiger partial charge is 0.338 e. The Kier molecular flexibility index (Phi) is 5.96. The van der Waals surface area contributed by atoms with Crippen molar-refractivity contribution in [2.75, 3.05) is 13.2 Å². The zero-order valence-electron chi connectivity index (χ0n) is 14.0. The molecule has 5 nitrogen and oxygen atoms in total. The van der Waals surface area contributed by atoms with E-state index in [4.69, 9.17) is 14.2 Å². The van der Waals surface area contributed by atoms with Crippen molar-refractivity contribution in [3.63, 3.8) is 0 Å². The predicted octanol–water partition coefficient (Wildman–Crippen LogP) is 3.20. The van der Waals surface area contributed by atoms with E-state index >= 15 is 0 Å². The standard InChI is InChI=1S/C20H19FO5/c21-18-16(26-20(23)15-9-5-2-6-10-15)11-12-24-17(18)13-25-19(22)14-7-3-1-4-8-14/h1-10,16-18H,11-13H2. The summed E-state index contributed by atoms with van der Waals surface area (Å²) in [6.45, 7) is -0.0189. The zero-order chi connectivity index (χ0) is 18.4. The second-order valence-electron chi connectivity index (χ2n) is 5.92. The van der Waals surface area contributed by atoms with E-state index < -0.39 is 30.3 Å². The number of esters is 2. The van der Waals surface area contributed by atoms with Gasteiger partial charge < -0.3 is 14.2 Å². The molecule has 3 unspecified atom stereocenters. The molecule has 26 heavy (non-hydrogen) atoms. The monoisotopic (exact) mass is 358 g/mol. The van der Waals surface area contributed by atoms with Crippen molar-refractivity contribution in [1.82, 2.24) is 0 Å². The fourth-order valence-electron chi connectivity index (χ4n) is 2.69. The number of halogens is 1. The van der Waals surface area contributed by atoms with E-state index in [0.717, 1.165) is 0 Å². The number of benzene rings is 2. The van der Waals surface area contributed by atoms with Crippen LogP contribution < -0.4 is 0 Å². The summed E-state index contributed by atoms with van der Waals surface area (Å²) in [7, 11) is 0. The quantitative estimate of drug-likeness (QED) is 0.768. The van der Waals surface area contributed by atoms with Crippen LogP contribution in [0.5, 0.6) is 0 Å². The lowest BCUT2D eigenvalue weighted by Crippen LogP contribution is -2.46. The van der Waals surface area contributed by atoms with Gasteiger partial charge in [0.05, 0.1) is 17.7 Å². The summed E-state index contributed by atoms with van der Waals surface area (Å²) < 4.78 is 30.4. The number of carbonyl (C=O) groups excluding carboxylic acids is 2. The van der Waals surface area contributed by atoms with Crippen molar-refractivity contribution in [3.8, 4) is 0 Å². The first-order valence-corrected chi connectivity index (χ1v) is 8.39. The number of rotatable bonds is 5. The Balaban J connectivity index is 1.55. The molecule has 2 aromatic carbocycles. The Hall–Kier alpha value is -2.73. The minimum atomic E-state index is -1.57. The van der Waals surface area contributed by atoms with E-state index in [1.807, 2.05) is 0 Å². The van der Waals surface area contributed by atoms with Gasteiger partial charge in [-0.05, 0) is 24.3 Å². The third-order valence-corrected chi connectivity index (χ3v) is 4.10. The zero-order valence-corrected chi connectivity index (χ0v) is 14.0. The van der Waals surface area contributed by atoms with Gasteiger partial charge >= 0.3 is 11.9 Å². The molecule has 1 heterocycles. The average Bonchev–Trinajstić information content (AvgIpc) is 2.69. The predicted molar refractivity (Wildman–Crippen MR) is 91.6 cm³/mol. The van der Waals surface area contributed by atoms with Gasteiger partial charge in [-0.2, -0.15) is 0 Å². The van der Waals surface area contributed by atoms with E-state index in [0.29, 0.717) is 11.1 Å². The molecule has 2 aromatic rings. The van der Waals surface area contributed by atoms with Gasteiger partial charge in [0, 0.05) is 6.42 Å². The van der Waals surface area contributed by atoms with Gasteiger partial charge in [-0.1, -0.05) is 36.4 Å². The second-order valence-corrected chi connectivity index (χ2v) is 5.92. The van der Waals surface area contributed by atoms with Crippen LogP contribution in [-0.4, -0.2) is 43.5 Å². The first-order valence-electron chi connectivity index (χ1n) is 8.39. The highest BCUT2D eigenvalue weighted by Crippen LogP contribution is 2.23. The number of alkyl halides is 1. The van der Waals surface area contributed by atoms with Crippen molar-refractivity contribution >= 4 is 11.9 Å². The van der Waals surface area contributed by atoms with E-state index in [-0.39, 0.29) is 19.6 Å². The van der Waals surface area contributed by atoms with Crippen LogP contribution in [0, 0.1) is 0 Å². The van der Waals surface area contributed by atoms with Crippen LogP contribution in [0.15, 0.2) is 60.7 Å². The third-order valence-electron chi connectivity index (χ3n) is 4.10. The maximum atomic E-state index is 14.6. The molecular weight excluding hydrogens is 339 g/mol. The molecule has 0 aliphatic carbocycles. The van der Waals surface area contributed by atoms with Gasteiger partial charge in [-0.15, -0.1) is 0 Å². The Labute approximate surface area is 150 Å². The van der Waals surface area contributed by atoms with Gasteiger partial charge in [0.1, 0.15) is 18.8 Å². The SMILES string of the molecule is O=C(OCC1OCCC(OC(=O)c2ccccc2)C1F)c1ccccc1. The summed E-state index contributed by atoms with van der Waals surface area (Å²) in [5.74, 6) is -1.13. The van der Waals surface area contributed by atoms with Gasteiger partial charge in [0.25, 0.3) is 0 Å². The highest BCUT2D eigenvalue weighted by Gasteiger charge is 2.38. The number of hydrogen-bond acceptors (Lipinski definition) is 5. The van der Waals surface area contributed by atoms with Crippen LogP contribution in [0.25, 0.3) is 0 Å². The van der Waals surface area contributed by atoms with E-state index in [1.54, 1.807) is 60.7 Å². The second kappa shape index (κ2) is 8.58. The van der Waals surface area contributed by atoms with Gasteiger partial charge in [-0.3, -0.25) is 0 Å². The van der Waals surface area contributed by atoms with Crippen LogP contribution in [0.1, 0.15) is 27.1 Å². The molecule has 0 saturated carbocycles. The molecule has 1 saturated heterocycles. The maximum Gasteiger partial charge on any atom is 0.338 e. The number of hydrogen-bond donors (Lipinski definition) is 0. The van der Waals surface area contributed by atoms with Crippen molar-refractivity contribution in [3.05, 3.63) is 71.8 Å². The minimum Gasteiger partial charge on any atom is -0.459 e. The van der Waals surface area contributed by atoms with Crippen LogP contribution in [-0.2, 0) is 14.2 Å². The first-order chi connectivity index (χ1) is 12.6. The lowest BCUT2D eigenvalue weighted by atomic mass is 10.0. The molecule has 3 rings (SSSR count). The Morgan fingerprint density at radius 2 is 1.54 bits per heavy atom. The lowest BCUT2D eigenvalue weighted by Gasteiger charge is -2.32. The Morgan fingerprint density at radius 3 is 2.15 bits per heavy atom. The fourth-order valence-corrected chi connectivity index (χ4v) is 2.69. The third kappa shape index (κ3) is 4.46. The lowest BCUT2D eigenvalue weighted by molar-refractivity contribution is -0.124. The van der Waals surface area contributed by atoms with Crippen molar-refractivity contribution in [2.24, 2.45) is 0 Å². The average molecular weight is 358 g/mol. The highest BCUT2D eigenvalue weighted by molar-refractivity contribution is 5.89. The van der Waals surface area contributed by atoms with Crippen molar-refractivity contribution < 1.29 is 28.2 Å². The molecule has 6 heteroatoms. The molecule has 0 radical (unpaired) electrons. The molecular formula is C20H19FO5. The number of carbonyl (C=O) groups is 2. The summed E-state index contributed by atoms with van der Waals surface area (Å²) in [6, 6.07) is 16.8. The molecule has 1 aliphatic rings. The topological polar surface area (TPSA) is 61.8 Å². The molecule has 1 fully saturated rings. The number of ether oxygens (including phenoxy) is 3.